The summed E-state index contributed by atoms with van der Waals surface area (Å²) in [5, 5.41) is 0. The van der Waals surface area contributed by atoms with Gasteiger partial charge in [-0.3, -0.25) is 0 Å². The summed E-state index contributed by atoms with van der Waals surface area (Å²) in [4.78, 5) is 0. The Kier molecular flexibility index (Phi) is 5.67. The van der Waals surface area contributed by atoms with E-state index in [1.807, 2.05) is 30.3 Å². The lowest BCUT2D eigenvalue weighted by atomic mass is 9.95. The van der Waals surface area contributed by atoms with Gasteiger partial charge >= 0.3 is 0 Å². The first-order chi connectivity index (χ1) is 9.79. The molecule has 2 rings (SSSR count). The molecule has 1 atom stereocenters. The van der Waals surface area contributed by atoms with Gasteiger partial charge < -0.3 is 4.74 Å². The third-order valence-electron chi connectivity index (χ3n) is 3.67. The molecule has 0 bridgehead atoms. The summed E-state index contributed by atoms with van der Waals surface area (Å²) in [6, 6.07) is 18.4. The van der Waals surface area contributed by atoms with Crippen molar-refractivity contribution < 1.29 is 4.74 Å². The summed E-state index contributed by atoms with van der Waals surface area (Å²) in [6.45, 7) is 4.56. The van der Waals surface area contributed by atoms with Crippen molar-refractivity contribution >= 4 is 0 Å². The molecular weight excluding hydrogens is 244 g/mol. The predicted octanol–water partition coefficient (Wildman–Crippen LogP) is 6.16. The number of para-hydroxylation sites is 1. The zero-order valence-corrected chi connectivity index (χ0v) is 12.5. The fourth-order valence-corrected chi connectivity index (χ4v) is 2.36. The average Bonchev–Trinajstić information content (AvgIpc) is 2.49. The maximum absolute atomic E-state index is 5.81. The van der Waals surface area contributed by atoms with Crippen LogP contribution in [-0.2, 0) is 0 Å². The van der Waals surface area contributed by atoms with E-state index in [1.165, 1.54) is 31.2 Å². The summed E-state index contributed by atoms with van der Waals surface area (Å²) in [5.74, 6) is 2.42. The van der Waals surface area contributed by atoms with Gasteiger partial charge in [0.2, 0.25) is 0 Å². The molecule has 0 saturated carbocycles. The quantitative estimate of drug-likeness (QED) is 0.546. The van der Waals surface area contributed by atoms with E-state index in [2.05, 4.69) is 38.1 Å². The van der Waals surface area contributed by atoms with Gasteiger partial charge in [-0.1, -0.05) is 63.4 Å². The van der Waals surface area contributed by atoms with Crippen molar-refractivity contribution in [2.45, 2.75) is 45.4 Å². The van der Waals surface area contributed by atoms with E-state index in [1.54, 1.807) is 0 Å². The van der Waals surface area contributed by atoms with Gasteiger partial charge in [0, 0.05) is 0 Å². The number of ether oxygens (including phenoxy) is 1. The molecule has 20 heavy (non-hydrogen) atoms. The minimum atomic E-state index is 0.632. The molecule has 1 nitrogen and oxygen atoms in total. The smallest absolute Gasteiger partial charge is 0.127 e. The largest absolute Gasteiger partial charge is 0.457 e. The average molecular weight is 268 g/mol. The number of rotatable bonds is 7. The van der Waals surface area contributed by atoms with Crippen molar-refractivity contribution in [1.29, 1.82) is 0 Å². The highest BCUT2D eigenvalue weighted by Crippen LogP contribution is 2.26. The van der Waals surface area contributed by atoms with Crippen molar-refractivity contribution in [3.8, 4) is 11.5 Å². The molecule has 0 spiro atoms. The highest BCUT2D eigenvalue weighted by molar-refractivity contribution is 5.33. The number of hydrogen-bond acceptors (Lipinski definition) is 1. The van der Waals surface area contributed by atoms with Gasteiger partial charge in [0.05, 0.1) is 0 Å². The van der Waals surface area contributed by atoms with Crippen LogP contribution in [0, 0.1) is 0 Å². The van der Waals surface area contributed by atoms with Gasteiger partial charge in [0.25, 0.3) is 0 Å². The summed E-state index contributed by atoms with van der Waals surface area (Å²) in [5.41, 5.74) is 1.40. The Morgan fingerprint density at radius 2 is 1.50 bits per heavy atom. The summed E-state index contributed by atoms with van der Waals surface area (Å²) >= 11 is 0. The fourth-order valence-electron chi connectivity index (χ4n) is 2.36. The SMILES string of the molecule is CCCCCC(C)c1ccc(Oc2ccccc2)cc1. The van der Waals surface area contributed by atoms with Crippen molar-refractivity contribution in [3.05, 3.63) is 60.2 Å². The van der Waals surface area contributed by atoms with Gasteiger partial charge in [-0.25, -0.2) is 0 Å². The molecule has 0 fully saturated rings. The normalized spacial score (nSPS) is 12.1. The van der Waals surface area contributed by atoms with E-state index < -0.39 is 0 Å². The van der Waals surface area contributed by atoms with Crippen LogP contribution >= 0.6 is 0 Å². The van der Waals surface area contributed by atoms with Crippen molar-refractivity contribution in [2.75, 3.05) is 0 Å². The van der Waals surface area contributed by atoms with E-state index >= 15 is 0 Å². The minimum absolute atomic E-state index is 0.632. The molecule has 0 aromatic heterocycles. The van der Waals surface area contributed by atoms with Crippen molar-refractivity contribution in [2.24, 2.45) is 0 Å². The van der Waals surface area contributed by atoms with Crippen LogP contribution in [0.25, 0.3) is 0 Å². The summed E-state index contributed by atoms with van der Waals surface area (Å²) in [7, 11) is 0. The minimum Gasteiger partial charge on any atom is -0.457 e. The molecule has 0 aliphatic heterocycles. The standard InChI is InChI=1S/C19H24O/c1-3-4-6-9-16(2)17-12-14-19(15-13-17)20-18-10-7-5-8-11-18/h5,7-8,10-16H,3-4,6,9H2,1-2H3. The Morgan fingerprint density at radius 1 is 0.850 bits per heavy atom. The van der Waals surface area contributed by atoms with Crippen LogP contribution in [0.1, 0.15) is 51.0 Å². The summed E-state index contributed by atoms with van der Waals surface area (Å²) in [6.07, 6.45) is 5.21. The van der Waals surface area contributed by atoms with Crippen LogP contribution in [0.5, 0.6) is 11.5 Å². The second-order valence-electron chi connectivity index (χ2n) is 5.38. The number of hydrogen-bond donors (Lipinski definition) is 0. The second-order valence-corrected chi connectivity index (χ2v) is 5.38. The van der Waals surface area contributed by atoms with E-state index in [0.717, 1.165) is 11.5 Å². The van der Waals surface area contributed by atoms with Gasteiger partial charge in [-0.15, -0.1) is 0 Å². The van der Waals surface area contributed by atoms with E-state index in [9.17, 15) is 0 Å². The van der Waals surface area contributed by atoms with E-state index in [4.69, 9.17) is 4.74 Å². The van der Waals surface area contributed by atoms with Crippen LogP contribution in [0.15, 0.2) is 54.6 Å². The van der Waals surface area contributed by atoms with Gasteiger partial charge in [-0.05, 0) is 42.2 Å². The number of unbranched alkanes of at least 4 members (excludes halogenated alkanes) is 2. The summed E-state index contributed by atoms with van der Waals surface area (Å²) < 4.78 is 5.81. The molecule has 0 radical (unpaired) electrons. The monoisotopic (exact) mass is 268 g/mol. The Hall–Kier alpha value is -1.76. The molecule has 0 saturated heterocycles. The van der Waals surface area contributed by atoms with Crippen LogP contribution in [0.2, 0.25) is 0 Å². The van der Waals surface area contributed by atoms with Gasteiger partial charge in [0.15, 0.2) is 0 Å². The molecule has 1 unspecified atom stereocenters. The molecule has 0 aliphatic carbocycles. The topological polar surface area (TPSA) is 9.23 Å². The molecule has 106 valence electrons. The predicted molar refractivity (Wildman–Crippen MR) is 85.5 cm³/mol. The maximum atomic E-state index is 5.81. The molecule has 2 aromatic carbocycles. The zero-order chi connectivity index (χ0) is 14.2. The van der Waals surface area contributed by atoms with Crippen LogP contribution in [-0.4, -0.2) is 0 Å². The highest BCUT2D eigenvalue weighted by Gasteiger charge is 2.05. The maximum Gasteiger partial charge on any atom is 0.127 e. The third kappa shape index (κ3) is 4.41. The van der Waals surface area contributed by atoms with Gasteiger partial charge in [0.1, 0.15) is 11.5 Å². The molecule has 0 amide bonds. The van der Waals surface area contributed by atoms with Crippen LogP contribution in [0.3, 0.4) is 0 Å². The van der Waals surface area contributed by atoms with Crippen molar-refractivity contribution in [1.82, 2.24) is 0 Å². The second kappa shape index (κ2) is 7.74. The zero-order valence-electron chi connectivity index (χ0n) is 12.5. The molecule has 0 heterocycles. The van der Waals surface area contributed by atoms with Crippen molar-refractivity contribution in [3.63, 3.8) is 0 Å². The lowest BCUT2D eigenvalue weighted by Crippen LogP contribution is -1.94. The Labute approximate surface area is 122 Å². The van der Waals surface area contributed by atoms with Crippen LogP contribution < -0.4 is 4.74 Å². The highest BCUT2D eigenvalue weighted by atomic mass is 16.5. The first kappa shape index (κ1) is 14.6. The molecule has 2 aromatic rings. The number of benzene rings is 2. The molecule has 0 N–H and O–H groups in total. The fraction of sp³-hybridized carbons (Fsp3) is 0.368. The van der Waals surface area contributed by atoms with E-state index in [-0.39, 0.29) is 0 Å². The molecule has 1 heteroatoms. The molecular formula is C19H24O. The molecule has 0 aliphatic rings. The lowest BCUT2D eigenvalue weighted by molar-refractivity contribution is 0.482. The lowest BCUT2D eigenvalue weighted by Gasteiger charge is -2.12. The Morgan fingerprint density at radius 3 is 2.15 bits per heavy atom. The first-order valence-electron chi connectivity index (χ1n) is 7.62. The Bertz CT molecular complexity index is 487. The van der Waals surface area contributed by atoms with E-state index in [0.29, 0.717) is 5.92 Å². The van der Waals surface area contributed by atoms with Crippen LogP contribution in [0.4, 0.5) is 0 Å². The van der Waals surface area contributed by atoms with Gasteiger partial charge in [-0.2, -0.15) is 0 Å². The third-order valence-corrected chi connectivity index (χ3v) is 3.67. The Balaban J connectivity index is 1.92. The first-order valence-corrected chi connectivity index (χ1v) is 7.62.